The van der Waals surface area contributed by atoms with Crippen LogP contribution in [-0.2, 0) is 17.8 Å². The van der Waals surface area contributed by atoms with Crippen molar-refractivity contribution in [2.24, 2.45) is 0 Å². The van der Waals surface area contributed by atoms with Crippen LogP contribution in [0.15, 0.2) is 12.3 Å². The quantitative estimate of drug-likeness (QED) is 0.755. The van der Waals surface area contributed by atoms with E-state index in [-0.39, 0.29) is 11.5 Å². The van der Waals surface area contributed by atoms with E-state index in [2.05, 4.69) is 4.98 Å². The standard InChI is InChI=1S/C11H12N2O3/c1-7(14)13-3-2-10-9(6-13)4-8(5-12-10)11(15)16/h4-5H,2-3,6H2,1H3,(H,15,16). The molecule has 1 aliphatic rings. The molecule has 1 aromatic rings. The van der Waals surface area contributed by atoms with Gasteiger partial charge in [-0.1, -0.05) is 0 Å². The van der Waals surface area contributed by atoms with Gasteiger partial charge in [0.2, 0.25) is 5.91 Å². The zero-order valence-electron chi connectivity index (χ0n) is 8.93. The number of hydrogen-bond donors (Lipinski definition) is 1. The molecule has 2 rings (SSSR count). The minimum absolute atomic E-state index is 0.00591. The zero-order chi connectivity index (χ0) is 11.7. The Balaban J connectivity index is 2.32. The predicted octanol–water partition coefficient (Wildman–Crippen LogP) is 0.684. The fraction of sp³-hybridized carbons (Fsp3) is 0.364. The number of carbonyl (C=O) groups excluding carboxylic acids is 1. The summed E-state index contributed by atoms with van der Waals surface area (Å²) >= 11 is 0. The van der Waals surface area contributed by atoms with Crippen LogP contribution in [0.3, 0.4) is 0 Å². The normalized spacial score (nSPS) is 14.4. The van der Waals surface area contributed by atoms with Crippen LogP contribution >= 0.6 is 0 Å². The molecular weight excluding hydrogens is 208 g/mol. The predicted molar refractivity (Wildman–Crippen MR) is 56.0 cm³/mol. The van der Waals surface area contributed by atoms with E-state index in [0.717, 1.165) is 11.3 Å². The zero-order valence-corrected chi connectivity index (χ0v) is 8.93. The van der Waals surface area contributed by atoms with Gasteiger partial charge in [-0.3, -0.25) is 9.78 Å². The molecule has 0 unspecified atom stereocenters. The molecule has 1 aromatic heterocycles. The fourth-order valence-electron chi connectivity index (χ4n) is 1.81. The molecule has 0 saturated heterocycles. The number of aromatic carboxylic acids is 1. The molecule has 16 heavy (non-hydrogen) atoms. The summed E-state index contributed by atoms with van der Waals surface area (Å²) < 4.78 is 0. The molecule has 1 amide bonds. The first-order valence-corrected chi connectivity index (χ1v) is 5.04. The van der Waals surface area contributed by atoms with E-state index in [9.17, 15) is 9.59 Å². The number of amides is 1. The minimum atomic E-state index is -0.991. The lowest BCUT2D eigenvalue weighted by Gasteiger charge is -2.27. The van der Waals surface area contributed by atoms with Gasteiger partial charge >= 0.3 is 5.97 Å². The highest BCUT2D eigenvalue weighted by Gasteiger charge is 2.20. The summed E-state index contributed by atoms with van der Waals surface area (Å²) in [7, 11) is 0. The molecule has 0 bridgehead atoms. The summed E-state index contributed by atoms with van der Waals surface area (Å²) in [5.41, 5.74) is 1.90. The summed E-state index contributed by atoms with van der Waals surface area (Å²) in [5.74, 6) is -0.985. The van der Waals surface area contributed by atoms with Crippen molar-refractivity contribution >= 4 is 11.9 Å². The maximum absolute atomic E-state index is 11.2. The number of carboxylic acid groups (broad SMARTS) is 1. The van der Waals surface area contributed by atoms with Crippen molar-refractivity contribution in [3.8, 4) is 0 Å². The summed E-state index contributed by atoms with van der Waals surface area (Å²) in [4.78, 5) is 27.8. The number of carboxylic acids is 1. The van der Waals surface area contributed by atoms with Gasteiger partial charge in [-0.2, -0.15) is 0 Å². The molecule has 0 radical (unpaired) electrons. The van der Waals surface area contributed by atoms with Crippen LogP contribution in [-0.4, -0.2) is 33.4 Å². The van der Waals surface area contributed by atoms with E-state index in [4.69, 9.17) is 5.11 Å². The molecule has 0 aliphatic carbocycles. The Morgan fingerprint density at radius 1 is 1.50 bits per heavy atom. The molecule has 1 N–H and O–H groups in total. The van der Waals surface area contributed by atoms with Gasteiger partial charge < -0.3 is 10.0 Å². The number of nitrogens with zero attached hydrogens (tertiary/aromatic N) is 2. The molecule has 0 fully saturated rings. The second-order valence-electron chi connectivity index (χ2n) is 3.83. The minimum Gasteiger partial charge on any atom is -0.478 e. The van der Waals surface area contributed by atoms with Crippen molar-refractivity contribution in [1.29, 1.82) is 0 Å². The van der Waals surface area contributed by atoms with Gasteiger partial charge in [-0.15, -0.1) is 0 Å². The van der Waals surface area contributed by atoms with Crippen LogP contribution in [0.2, 0.25) is 0 Å². The van der Waals surface area contributed by atoms with Crippen LogP contribution in [0.1, 0.15) is 28.5 Å². The van der Waals surface area contributed by atoms with E-state index in [0.29, 0.717) is 19.5 Å². The number of aromatic nitrogens is 1. The van der Waals surface area contributed by atoms with Crippen LogP contribution in [0.4, 0.5) is 0 Å². The Hall–Kier alpha value is -1.91. The van der Waals surface area contributed by atoms with Gasteiger partial charge in [0.1, 0.15) is 0 Å². The highest BCUT2D eigenvalue weighted by molar-refractivity contribution is 5.87. The first kappa shape index (κ1) is 10.6. The van der Waals surface area contributed by atoms with Gasteiger partial charge in [-0.05, 0) is 11.6 Å². The third-order valence-electron chi connectivity index (χ3n) is 2.73. The van der Waals surface area contributed by atoms with E-state index in [1.165, 1.54) is 13.1 Å². The number of carbonyl (C=O) groups is 2. The van der Waals surface area contributed by atoms with Gasteiger partial charge in [0.25, 0.3) is 0 Å². The first-order chi connectivity index (χ1) is 7.58. The van der Waals surface area contributed by atoms with Crippen LogP contribution in [0.25, 0.3) is 0 Å². The Labute approximate surface area is 92.7 Å². The number of rotatable bonds is 1. The number of pyridine rings is 1. The van der Waals surface area contributed by atoms with Crippen molar-refractivity contribution in [2.75, 3.05) is 6.54 Å². The van der Waals surface area contributed by atoms with Crippen LogP contribution in [0, 0.1) is 0 Å². The van der Waals surface area contributed by atoms with Crippen molar-refractivity contribution in [3.63, 3.8) is 0 Å². The molecule has 0 saturated carbocycles. The van der Waals surface area contributed by atoms with Gasteiger partial charge in [0.05, 0.1) is 5.56 Å². The number of fused-ring (bicyclic) bond motifs is 1. The summed E-state index contributed by atoms with van der Waals surface area (Å²) in [6.07, 6.45) is 2.05. The smallest absolute Gasteiger partial charge is 0.337 e. The van der Waals surface area contributed by atoms with E-state index in [1.807, 2.05) is 0 Å². The average Bonchev–Trinajstić information content (AvgIpc) is 2.27. The maximum atomic E-state index is 11.2. The monoisotopic (exact) mass is 220 g/mol. The van der Waals surface area contributed by atoms with Crippen molar-refractivity contribution < 1.29 is 14.7 Å². The Morgan fingerprint density at radius 3 is 2.88 bits per heavy atom. The first-order valence-electron chi connectivity index (χ1n) is 5.04. The van der Waals surface area contributed by atoms with Gasteiger partial charge in [-0.25, -0.2) is 4.79 Å². The summed E-state index contributed by atoms with van der Waals surface area (Å²) in [6.45, 7) is 2.63. The van der Waals surface area contributed by atoms with Gasteiger partial charge in [0, 0.05) is 38.3 Å². The lowest BCUT2D eigenvalue weighted by atomic mass is 10.0. The third kappa shape index (κ3) is 1.88. The molecule has 5 nitrogen and oxygen atoms in total. The Bertz CT molecular complexity index is 457. The lowest BCUT2D eigenvalue weighted by Crippen LogP contribution is -2.34. The Morgan fingerprint density at radius 2 is 2.25 bits per heavy atom. The largest absolute Gasteiger partial charge is 0.478 e. The average molecular weight is 220 g/mol. The van der Waals surface area contributed by atoms with Crippen molar-refractivity contribution in [3.05, 3.63) is 29.1 Å². The summed E-state index contributed by atoms with van der Waals surface area (Å²) in [6, 6.07) is 1.60. The van der Waals surface area contributed by atoms with Crippen LogP contribution < -0.4 is 0 Å². The van der Waals surface area contributed by atoms with Crippen molar-refractivity contribution in [2.45, 2.75) is 19.9 Å². The second-order valence-corrected chi connectivity index (χ2v) is 3.83. The van der Waals surface area contributed by atoms with Gasteiger partial charge in [0.15, 0.2) is 0 Å². The van der Waals surface area contributed by atoms with Crippen molar-refractivity contribution in [1.82, 2.24) is 9.88 Å². The molecular formula is C11H12N2O3. The Kier molecular flexibility index (Phi) is 2.60. The van der Waals surface area contributed by atoms with E-state index >= 15 is 0 Å². The second kappa shape index (κ2) is 3.92. The molecule has 0 atom stereocenters. The van der Waals surface area contributed by atoms with E-state index in [1.54, 1.807) is 11.0 Å². The highest BCUT2D eigenvalue weighted by atomic mass is 16.4. The topological polar surface area (TPSA) is 70.5 Å². The van der Waals surface area contributed by atoms with E-state index < -0.39 is 5.97 Å². The number of hydrogen-bond acceptors (Lipinski definition) is 3. The fourth-order valence-corrected chi connectivity index (χ4v) is 1.81. The summed E-state index contributed by atoms with van der Waals surface area (Å²) in [5, 5.41) is 8.84. The molecule has 0 spiro atoms. The highest BCUT2D eigenvalue weighted by Crippen LogP contribution is 2.18. The maximum Gasteiger partial charge on any atom is 0.337 e. The third-order valence-corrected chi connectivity index (χ3v) is 2.73. The molecule has 0 aromatic carbocycles. The lowest BCUT2D eigenvalue weighted by molar-refractivity contribution is -0.129. The molecule has 84 valence electrons. The molecule has 2 heterocycles. The van der Waals surface area contributed by atoms with Crippen LogP contribution in [0.5, 0.6) is 0 Å². The molecule has 5 heteroatoms. The molecule has 1 aliphatic heterocycles. The SMILES string of the molecule is CC(=O)N1CCc2ncc(C(=O)O)cc2C1.